The Hall–Kier alpha value is -2.55. The van der Waals surface area contributed by atoms with Gasteiger partial charge in [-0.05, 0) is 29.5 Å². The molecule has 0 radical (unpaired) electrons. The van der Waals surface area contributed by atoms with Gasteiger partial charge in [0.05, 0.1) is 24.4 Å². The van der Waals surface area contributed by atoms with Gasteiger partial charge in [0.15, 0.2) is 0 Å². The number of carbonyl (C=O) groups is 1. The Bertz CT molecular complexity index is 766. The van der Waals surface area contributed by atoms with E-state index >= 15 is 0 Å². The Morgan fingerprint density at radius 1 is 1.13 bits per heavy atom. The second-order valence-corrected chi connectivity index (χ2v) is 6.15. The Morgan fingerprint density at radius 3 is 2.74 bits per heavy atom. The summed E-state index contributed by atoms with van der Waals surface area (Å²) < 4.78 is 4.96. The van der Waals surface area contributed by atoms with E-state index < -0.39 is 0 Å². The average molecular weight is 305 g/mol. The van der Waals surface area contributed by atoms with Crippen LogP contribution < -0.4 is 5.32 Å². The highest BCUT2D eigenvalue weighted by molar-refractivity contribution is 5.97. The molecule has 0 unspecified atom stereocenters. The van der Waals surface area contributed by atoms with Crippen molar-refractivity contribution in [2.45, 2.75) is 18.4 Å². The molecule has 3 nitrogen and oxygen atoms in total. The summed E-state index contributed by atoms with van der Waals surface area (Å²) in [6.45, 7) is 0. The number of benzene rings is 2. The van der Waals surface area contributed by atoms with Gasteiger partial charge in [-0.1, -0.05) is 54.6 Å². The zero-order chi connectivity index (χ0) is 15.8. The van der Waals surface area contributed by atoms with Crippen LogP contribution in [-0.2, 0) is 4.74 Å². The van der Waals surface area contributed by atoms with E-state index in [1.54, 1.807) is 0 Å². The summed E-state index contributed by atoms with van der Waals surface area (Å²) in [5, 5.41) is 3.63. The molecule has 0 amide bonds. The quantitative estimate of drug-likeness (QED) is 0.664. The molecule has 1 N–H and O–H groups in total. The van der Waals surface area contributed by atoms with Gasteiger partial charge in [0.1, 0.15) is 0 Å². The van der Waals surface area contributed by atoms with Crippen LogP contribution in [0.1, 0.15) is 39.9 Å². The number of allylic oxidation sites excluding steroid dienone is 2. The first-order valence-corrected chi connectivity index (χ1v) is 7.99. The van der Waals surface area contributed by atoms with Crippen molar-refractivity contribution in [3.8, 4) is 0 Å². The number of hydrogen-bond acceptors (Lipinski definition) is 3. The number of esters is 1. The number of rotatable bonds is 2. The Morgan fingerprint density at radius 2 is 1.96 bits per heavy atom. The normalized spacial score (nSPS) is 24.5. The molecule has 1 aliphatic carbocycles. The number of para-hydroxylation sites is 1. The molecule has 116 valence electrons. The molecule has 1 aliphatic heterocycles. The number of fused-ring (bicyclic) bond motifs is 3. The molecule has 3 heteroatoms. The Kier molecular flexibility index (Phi) is 3.41. The van der Waals surface area contributed by atoms with Crippen LogP contribution in [0.3, 0.4) is 0 Å². The Labute approximate surface area is 136 Å². The molecular weight excluding hydrogens is 286 g/mol. The molecule has 2 aliphatic rings. The van der Waals surface area contributed by atoms with Crippen LogP contribution in [0.15, 0.2) is 60.7 Å². The molecule has 1 heterocycles. The summed E-state index contributed by atoms with van der Waals surface area (Å²) in [6.07, 6.45) is 5.59. The fourth-order valence-corrected chi connectivity index (χ4v) is 3.89. The van der Waals surface area contributed by atoms with E-state index in [9.17, 15) is 4.79 Å². The van der Waals surface area contributed by atoms with Gasteiger partial charge in [0.25, 0.3) is 0 Å². The number of hydrogen-bond donors (Lipinski definition) is 1. The maximum atomic E-state index is 12.1. The third-order valence-electron chi connectivity index (χ3n) is 4.96. The molecule has 23 heavy (non-hydrogen) atoms. The van der Waals surface area contributed by atoms with Crippen molar-refractivity contribution in [1.82, 2.24) is 0 Å². The van der Waals surface area contributed by atoms with Crippen molar-refractivity contribution < 1.29 is 9.53 Å². The fourth-order valence-electron chi connectivity index (χ4n) is 3.89. The first-order valence-electron chi connectivity index (χ1n) is 7.99. The fraction of sp³-hybridized carbons (Fsp3) is 0.250. The highest BCUT2D eigenvalue weighted by Crippen LogP contribution is 2.50. The smallest absolute Gasteiger partial charge is 0.339 e. The summed E-state index contributed by atoms with van der Waals surface area (Å²) in [6, 6.07) is 16.6. The van der Waals surface area contributed by atoms with Crippen LogP contribution in [0.4, 0.5) is 5.69 Å². The van der Waals surface area contributed by atoms with Crippen molar-refractivity contribution >= 4 is 11.7 Å². The van der Waals surface area contributed by atoms with Crippen LogP contribution >= 0.6 is 0 Å². The van der Waals surface area contributed by atoms with Crippen LogP contribution in [-0.4, -0.2) is 13.1 Å². The van der Waals surface area contributed by atoms with Crippen LogP contribution in [0.5, 0.6) is 0 Å². The standard InChI is InChI=1S/C20H19NO2/c1-23-20(22)17-12-6-11-16-14-9-5-10-15(14)18(21-19(16)17)13-7-3-2-4-8-13/h2-9,11-12,14-15,18,21H,10H2,1H3/t14-,15+,18+/m1/s1. The van der Waals surface area contributed by atoms with Gasteiger partial charge in [-0.15, -0.1) is 0 Å². The number of methoxy groups -OCH3 is 1. The van der Waals surface area contributed by atoms with Gasteiger partial charge >= 0.3 is 5.97 Å². The van der Waals surface area contributed by atoms with Gasteiger partial charge in [0.2, 0.25) is 0 Å². The minimum absolute atomic E-state index is 0.203. The molecule has 0 spiro atoms. The van der Waals surface area contributed by atoms with Gasteiger partial charge in [-0.25, -0.2) is 4.79 Å². The molecule has 0 aromatic heterocycles. The lowest BCUT2D eigenvalue weighted by Crippen LogP contribution is -2.30. The lowest BCUT2D eigenvalue weighted by atomic mass is 9.76. The van der Waals surface area contributed by atoms with E-state index in [0.717, 1.165) is 12.1 Å². The van der Waals surface area contributed by atoms with E-state index in [1.807, 2.05) is 18.2 Å². The molecule has 4 rings (SSSR count). The predicted octanol–water partition coefficient (Wildman–Crippen LogP) is 4.30. The molecule has 2 aromatic carbocycles. The lowest BCUT2D eigenvalue weighted by molar-refractivity contribution is 0.0601. The van der Waals surface area contributed by atoms with Crippen molar-refractivity contribution in [3.05, 3.63) is 77.4 Å². The van der Waals surface area contributed by atoms with Gasteiger partial charge < -0.3 is 10.1 Å². The third kappa shape index (κ3) is 2.24. The van der Waals surface area contributed by atoms with E-state index in [4.69, 9.17) is 4.74 Å². The molecular formula is C20H19NO2. The second-order valence-electron chi connectivity index (χ2n) is 6.15. The molecule has 0 saturated heterocycles. The summed E-state index contributed by atoms with van der Waals surface area (Å²) in [5.74, 6) is 0.542. The lowest BCUT2D eigenvalue weighted by Gasteiger charge is -2.38. The van der Waals surface area contributed by atoms with Crippen molar-refractivity contribution in [2.24, 2.45) is 5.92 Å². The van der Waals surface area contributed by atoms with Crippen molar-refractivity contribution in [1.29, 1.82) is 0 Å². The highest BCUT2D eigenvalue weighted by atomic mass is 16.5. The minimum Gasteiger partial charge on any atom is -0.465 e. The second kappa shape index (κ2) is 5.58. The molecule has 0 saturated carbocycles. The van der Waals surface area contributed by atoms with Gasteiger partial charge in [0, 0.05) is 5.92 Å². The minimum atomic E-state index is -0.290. The van der Waals surface area contributed by atoms with E-state index in [2.05, 4.69) is 47.8 Å². The number of anilines is 1. The first kappa shape index (κ1) is 14.1. The zero-order valence-corrected chi connectivity index (χ0v) is 13.0. The van der Waals surface area contributed by atoms with E-state index in [0.29, 0.717) is 17.4 Å². The van der Waals surface area contributed by atoms with E-state index in [1.165, 1.54) is 18.2 Å². The van der Waals surface area contributed by atoms with E-state index in [-0.39, 0.29) is 12.0 Å². The molecule has 0 fully saturated rings. The largest absolute Gasteiger partial charge is 0.465 e. The number of ether oxygens (including phenoxy) is 1. The molecule has 2 aromatic rings. The number of carbonyl (C=O) groups excluding carboxylic acids is 1. The molecule has 0 bridgehead atoms. The Balaban J connectivity index is 1.84. The summed E-state index contributed by atoms with van der Waals surface area (Å²) >= 11 is 0. The zero-order valence-electron chi connectivity index (χ0n) is 13.0. The highest BCUT2D eigenvalue weighted by Gasteiger charge is 2.39. The SMILES string of the molecule is COC(=O)c1cccc2c1N[C@@H](c1ccccc1)[C@H]1CC=C[C@@H]21. The molecule has 3 atom stereocenters. The first-order chi connectivity index (χ1) is 11.3. The maximum absolute atomic E-state index is 12.1. The summed E-state index contributed by atoms with van der Waals surface area (Å²) in [5.41, 5.74) is 3.99. The summed E-state index contributed by atoms with van der Waals surface area (Å²) in [7, 11) is 1.43. The average Bonchev–Trinajstić information content (AvgIpc) is 3.10. The van der Waals surface area contributed by atoms with Crippen LogP contribution in [0.25, 0.3) is 0 Å². The third-order valence-corrected chi connectivity index (χ3v) is 4.96. The summed E-state index contributed by atoms with van der Waals surface area (Å²) in [4.78, 5) is 12.1. The maximum Gasteiger partial charge on any atom is 0.339 e. The van der Waals surface area contributed by atoms with Crippen LogP contribution in [0, 0.1) is 5.92 Å². The van der Waals surface area contributed by atoms with Crippen molar-refractivity contribution in [2.75, 3.05) is 12.4 Å². The monoisotopic (exact) mass is 305 g/mol. The van der Waals surface area contributed by atoms with Crippen LogP contribution in [0.2, 0.25) is 0 Å². The topological polar surface area (TPSA) is 38.3 Å². The predicted molar refractivity (Wildman–Crippen MR) is 90.6 cm³/mol. The van der Waals surface area contributed by atoms with Gasteiger partial charge in [-0.3, -0.25) is 0 Å². The van der Waals surface area contributed by atoms with Crippen molar-refractivity contribution in [3.63, 3.8) is 0 Å². The number of nitrogens with one attached hydrogen (secondary N) is 1. The van der Waals surface area contributed by atoms with Gasteiger partial charge in [-0.2, -0.15) is 0 Å².